The van der Waals surface area contributed by atoms with Gasteiger partial charge in [0.1, 0.15) is 34.5 Å². The Morgan fingerprint density at radius 1 is 0.208 bits per heavy atom. The van der Waals surface area contributed by atoms with Crippen molar-refractivity contribution in [1.29, 1.82) is 0 Å². The summed E-state index contributed by atoms with van der Waals surface area (Å²) in [4.78, 5) is 77.5. The van der Waals surface area contributed by atoms with Crippen molar-refractivity contribution in [2.24, 2.45) is 0 Å². The van der Waals surface area contributed by atoms with E-state index in [1.165, 1.54) is 36.4 Å². The lowest BCUT2D eigenvalue weighted by atomic mass is 10.1. The molecule has 0 amide bonds. The van der Waals surface area contributed by atoms with Crippen molar-refractivity contribution in [3.05, 3.63) is 237 Å². The number of ether oxygens (including phenoxy) is 6. The fourth-order valence-electron chi connectivity index (χ4n) is 5.97. The average molecular weight is 1630 g/mol. The second-order valence-electron chi connectivity index (χ2n) is 14.7. The van der Waals surface area contributed by atoms with E-state index in [0.717, 1.165) is 21.4 Å². The normalized spacial score (nSPS) is 10.4. The summed E-state index contributed by atoms with van der Waals surface area (Å²) in [5.41, 5.74) is 0.000946. The largest absolute Gasteiger partial charge is 0.423 e. The zero-order valence-electron chi connectivity index (χ0n) is 36.5. The van der Waals surface area contributed by atoms with Gasteiger partial charge >= 0.3 is 35.8 Å². The lowest BCUT2D eigenvalue weighted by Gasteiger charge is -2.10. The first kappa shape index (κ1) is 54.7. The number of benzene rings is 8. The van der Waals surface area contributed by atoms with Crippen molar-refractivity contribution in [3.8, 4) is 34.5 Å². The fraction of sp³-hybridized carbons (Fsp3) is 0. The van der Waals surface area contributed by atoms with E-state index >= 15 is 0 Å². The molecule has 0 aromatic heterocycles. The lowest BCUT2D eigenvalue weighted by Crippen LogP contribution is -2.16. The fourth-order valence-corrected chi connectivity index (χ4v) is 8.13. The molecule has 0 saturated carbocycles. The molecule has 72 heavy (non-hydrogen) atoms. The molecule has 0 aliphatic heterocycles. The predicted octanol–water partition coefficient (Wildman–Crippen LogP) is 14.3. The highest BCUT2D eigenvalue weighted by Gasteiger charge is 2.22. The van der Waals surface area contributed by atoms with E-state index < -0.39 is 35.8 Å². The third-order valence-corrected chi connectivity index (χ3v) is 13.7. The highest BCUT2D eigenvalue weighted by atomic mass is 127. The number of rotatable bonds is 12. The van der Waals surface area contributed by atoms with Gasteiger partial charge in [-0.1, -0.05) is 0 Å². The number of esters is 6. The van der Waals surface area contributed by atoms with Crippen LogP contribution < -0.4 is 28.4 Å². The topological polar surface area (TPSA) is 158 Å². The van der Waals surface area contributed by atoms with Crippen molar-refractivity contribution in [2.45, 2.75) is 0 Å². The molecule has 0 heterocycles. The lowest BCUT2D eigenvalue weighted by molar-refractivity contribution is 0.0706. The molecular weight excluding hydrogens is 1600 g/mol. The van der Waals surface area contributed by atoms with E-state index in [1.54, 1.807) is 146 Å². The summed E-state index contributed by atoms with van der Waals surface area (Å²) in [6, 6.07) is 49.3. The van der Waals surface area contributed by atoms with Gasteiger partial charge in [-0.3, -0.25) is 0 Å². The molecule has 0 aliphatic rings. The Kier molecular flexibility index (Phi) is 20.0. The Labute approximate surface area is 493 Å². The summed E-state index contributed by atoms with van der Waals surface area (Å²) in [7, 11) is 0. The molecule has 0 saturated heterocycles. The van der Waals surface area contributed by atoms with Crippen LogP contribution in [0.1, 0.15) is 62.1 Å². The molecule has 0 bridgehead atoms. The Bertz CT molecular complexity index is 2680. The standard InChI is InChI=1S/2C27H15I3O6/c2*28-19-1-7-22(8-2-19)34-25(31)16-13-17(26(32)35-23-9-3-20(29)4-10-23)15-18(14-16)27(33)36-24-11-5-21(30)6-12-24/h2*1-15H. The first-order valence-corrected chi connectivity index (χ1v) is 27.2. The monoisotopic (exact) mass is 1630 g/mol. The maximum atomic E-state index is 12.9. The minimum atomic E-state index is -0.733. The number of hydrogen-bond acceptors (Lipinski definition) is 12. The van der Waals surface area contributed by atoms with Gasteiger partial charge in [-0.15, -0.1) is 0 Å². The Morgan fingerprint density at radius 3 is 0.431 bits per heavy atom. The first-order valence-electron chi connectivity index (χ1n) is 20.7. The average Bonchev–Trinajstić information content (AvgIpc) is 3.38. The van der Waals surface area contributed by atoms with Gasteiger partial charge in [-0.05, 0) is 318 Å². The minimum absolute atomic E-state index is 0.000158. The summed E-state index contributed by atoms with van der Waals surface area (Å²) in [6.07, 6.45) is 0. The molecule has 12 nitrogen and oxygen atoms in total. The van der Waals surface area contributed by atoms with Crippen LogP contribution >= 0.6 is 136 Å². The van der Waals surface area contributed by atoms with Crippen LogP contribution in [0.3, 0.4) is 0 Å². The smallest absolute Gasteiger partial charge is 0.343 e. The quantitative estimate of drug-likeness (QED) is 0.0649. The number of halogens is 6. The Balaban J connectivity index is 0.000000211. The van der Waals surface area contributed by atoms with E-state index in [-0.39, 0.29) is 33.4 Å². The highest BCUT2D eigenvalue weighted by molar-refractivity contribution is 14.1. The van der Waals surface area contributed by atoms with Crippen molar-refractivity contribution in [3.63, 3.8) is 0 Å². The molecule has 0 fully saturated rings. The van der Waals surface area contributed by atoms with E-state index in [1.807, 2.05) is 0 Å². The second kappa shape index (κ2) is 26.3. The molecule has 8 aromatic rings. The third-order valence-electron chi connectivity index (χ3n) is 9.43. The van der Waals surface area contributed by atoms with E-state index in [0.29, 0.717) is 34.5 Å². The van der Waals surface area contributed by atoms with E-state index in [9.17, 15) is 28.8 Å². The number of carbonyl (C=O) groups is 6. The summed E-state index contributed by atoms with van der Waals surface area (Å²) < 4.78 is 38.5. The molecule has 8 rings (SSSR count). The van der Waals surface area contributed by atoms with Crippen molar-refractivity contribution < 1.29 is 57.2 Å². The van der Waals surface area contributed by atoms with Crippen molar-refractivity contribution in [2.75, 3.05) is 0 Å². The van der Waals surface area contributed by atoms with Gasteiger partial charge in [0.2, 0.25) is 0 Å². The van der Waals surface area contributed by atoms with Gasteiger partial charge in [-0.2, -0.15) is 0 Å². The van der Waals surface area contributed by atoms with Gasteiger partial charge in [0.15, 0.2) is 0 Å². The molecular formula is C54H30I6O12. The van der Waals surface area contributed by atoms with Gasteiger partial charge in [0.25, 0.3) is 0 Å². The molecule has 0 N–H and O–H groups in total. The third kappa shape index (κ3) is 16.5. The van der Waals surface area contributed by atoms with E-state index in [2.05, 4.69) is 136 Å². The van der Waals surface area contributed by atoms with Gasteiger partial charge in [-0.25, -0.2) is 28.8 Å². The summed E-state index contributed by atoms with van der Waals surface area (Å²) in [6.45, 7) is 0. The first-order chi connectivity index (χ1) is 34.5. The zero-order valence-corrected chi connectivity index (χ0v) is 49.4. The SMILES string of the molecule is O=C(Oc1ccc(I)cc1)c1cc(C(=O)Oc2ccc(I)cc2)cc(C(=O)Oc2ccc(I)cc2)c1.O=C(Oc1ccc(I)cc1)c1cc(C(=O)Oc2ccc(I)cc2)cc(C(=O)Oc2ccc(I)cc2)c1. The molecule has 8 aromatic carbocycles. The van der Waals surface area contributed by atoms with Crippen molar-refractivity contribution in [1.82, 2.24) is 0 Å². The van der Waals surface area contributed by atoms with Gasteiger partial charge in [0, 0.05) is 21.4 Å². The Morgan fingerprint density at radius 2 is 0.319 bits per heavy atom. The molecule has 0 unspecified atom stereocenters. The van der Waals surface area contributed by atoms with Crippen molar-refractivity contribution >= 4 is 171 Å². The van der Waals surface area contributed by atoms with Crippen LogP contribution in [0.4, 0.5) is 0 Å². The molecule has 0 radical (unpaired) electrons. The van der Waals surface area contributed by atoms with Gasteiger partial charge in [0.05, 0.1) is 33.4 Å². The maximum Gasteiger partial charge on any atom is 0.343 e. The van der Waals surface area contributed by atoms with Crippen LogP contribution in [0.15, 0.2) is 182 Å². The summed E-state index contributed by atoms with van der Waals surface area (Å²) in [5, 5.41) is 0. The molecule has 0 aliphatic carbocycles. The Hall–Kier alpha value is -5.04. The zero-order chi connectivity index (χ0) is 51.3. The number of carbonyl (C=O) groups excluding carboxylic acids is 6. The van der Waals surface area contributed by atoms with Gasteiger partial charge < -0.3 is 28.4 Å². The summed E-state index contributed by atoms with van der Waals surface area (Å²) in [5.74, 6) is -2.42. The minimum Gasteiger partial charge on any atom is -0.423 e. The van der Waals surface area contributed by atoms with Crippen LogP contribution in [0.25, 0.3) is 0 Å². The summed E-state index contributed by atoms with van der Waals surface area (Å²) >= 11 is 12.9. The van der Waals surface area contributed by atoms with Crippen LogP contribution in [-0.4, -0.2) is 35.8 Å². The second-order valence-corrected chi connectivity index (χ2v) is 22.1. The number of hydrogen-bond donors (Lipinski definition) is 0. The van der Waals surface area contributed by atoms with Crippen LogP contribution in [-0.2, 0) is 0 Å². The molecule has 0 spiro atoms. The molecule has 0 atom stereocenters. The molecule has 360 valence electrons. The van der Waals surface area contributed by atoms with E-state index in [4.69, 9.17) is 28.4 Å². The van der Waals surface area contributed by atoms with Crippen LogP contribution in [0.5, 0.6) is 34.5 Å². The van der Waals surface area contributed by atoms with Crippen LogP contribution in [0, 0.1) is 21.4 Å². The molecule has 18 heteroatoms. The predicted molar refractivity (Wildman–Crippen MR) is 318 cm³/mol. The maximum absolute atomic E-state index is 12.9. The highest BCUT2D eigenvalue weighted by Crippen LogP contribution is 2.25. The van der Waals surface area contributed by atoms with Crippen LogP contribution in [0.2, 0.25) is 0 Å².